The molecule has 6 N–H and O–H groups in total. The van der Waals surface area contributed by atoms with E-state index in [1.807, 2.05) is 0 Å². The van der Waals surface area contributed by atoms with Gasteiger partial charge >= 0.3 is 61.8 Å². The fourth-order valence-electron chi connectivity index (χ4n) is 0. The molecule has 0 aromatic heterocycles. The quantitative estimate of drug-likeness (QED) is 0.299. The van der Waals surface area contributed by atoms with Gasteiger partial charge in [0.25, 0.3) is 0 Å². The van der Waals surface area contributed by atoms with Crippen molar-refractivity contribution in [3.8, 4) is 0 Å². The van der Waals surface area contributed by atoms with Crippen LogP contribution in [-0.2, 0) is 10.4 Å². The van der Waals surface area contributed by atoms with Gasteiger partial charge < -0.3 is 11.0 Å². The SMILES string of the molecule is O.O.O=S(=O)(O)O.[KH]. The summed E-state index contributed by atoms with van der Waals surface area (Å²) >= 11 is 0. The first-order chi connectivity index (χ1) is 2.00. The van der Waals surface area contributed by atoms with Crippen molar-refractivity contribution in [2.45, 2.75) is 0 Å². The fraction of sp³-hybridized carbons (Fsp3) is 0. The second-order valence-corrected chi connectivity index (χ2v) is 1.34. The molecule has 50 valence electrons. The Balaban J connectivity index is -0.0000000267. The van der Waals surface area contributed by atoms with E-state index >= 15 is 0 Å². The second-order valence-electron chi connectivity index (χ2n) is 0.448. The standard InChI is InChI=1S/K.H2O4S.2H2O.H/c;1-5(2,3)4;;;/h;(H2,1,2,3,4);2*1H2;. The predicted octanol–water partition coefficient (Wildman–Crippen LogP) is -2.95. The van der Waals surface area contributed by atoms with Crippen LogP contribution in [0, 0.1) is 0 Å². The normalized spacial score (nSPS) is 7.25. The molecular weight excluding hydrogens is 167 g/mol. The van der Waals surface area contributed by atoms with Crippen LogP contribution in [0.3, 0.4) is 0 Å². The summed E-state index contributed by atoms with van der Waals surface area (Å²) in [6.45, 7) is 0. The summed E-state index contributed by atoms with van der Waals surface area (Å²) in [5.74, 6) is 0. The average Bonchev–Trinajstić information content (AvgIpc) is 0.722. The Bertz CT molecular complexity index is 91.7. The van der Waals surface area contributed by atoms with Gasteiger partial charge in [0.1, 0.15) is 0 Å². The van der Waals surface area contributed by atoms with Crippen LogP contribution in [-0.4, -0.2) is 79.9 Å². The van der Waals surface area contributed by atoms with Gasteiger partial charge in [0.05, 0.1) is 0 Å². The van der Waals surface area contributed by atoms with Crippen LogP contribution in [0.4, 0.5) is 0 Å². The van der Waals surface area contributed by atoms with E-state index in [4.69, 9.17) is 17.5 Å². The third kappa shape index (κ3) is 151. The number of rotatable bonds is 0. The molecule has 0 rings (SSSR count). The monoisotopic (exact) mass is 174 g/mol. The fourth-order valence-corrected chi connectivity index (χ4v) is 0. The zero-order valence-corrected chi connectivity index (χ0v) is 3.94. The minimum absolute atomic E-state index is 0. The van der Waals surface area contributed by atoms with E-state index in [0.717, 1.165) is 0 Å². The summed E-state index contributed by atoms with van der Waals surface area (Å²) in [6.07, 6.45) is 0. The third-order valence-electron chi connectivity index (χ3n) is 0. The van der Waals surface area contributed by atoms with Crippen molar-refractivity contribution in [1.29, 1.82) is 0 Å². The van der Waals surface area contributed by atoms with Crippen LogP contribution in [0.1, 0.15) is 0 Å². The van der Waals surface area contributed by atoms with E-state index in [1.54, 1.807) is 0 Å². The Kier molecular flexibility index (Phi) is 23.9. The second kappa shape index (κ2) is 8.43. The van der Waals surface area contributed by atoms with Gasteiger partial charge in [-0.05, 0) is 0 Å². The molecule has 6 nitrogen and oxygen atoms in total. The van der Waals surface area contributed by atoms with Crippen LogP contribution in [0.5, 0.6) is 0 Å². The molecule has 0 atom stereocenters. The van der Waals surface area contributed by atoms with Gasteiger partial charge in [-0.1, -0.05) is 0 Å². The van der Waals surface area contributed by atoms with Crippen molar-refractivity contribution in [3.05, 3.63) is 0 Å². The van der Waals surface area contributed by atoms with Gasteiger partial charge in [0, 0.05) is 0 Å². The molecular formula is H7KO6S. The van der Waals surface area contributed by atoms with E-state index in [2.05, 4.69) is 0 Å². The molecule has 0 heterocycles. The summed E-state index contributed by atoms with van der Waals surface area (Å²) < 4.78 is 31.6. The topological polar surface area (TPSA) is 138 Å². The van der Waals surface area contributed by atoms with Gasteiger partial charge in [0.2, 0.25) is 0 Å². The van der Waals surface area contributed by atoms with E-state index in [-0.39, 0.29) is 62.3 Å². The number of hydrogen-bond acceptors (Lipinski definition) is 2. The van der Waals surface area contributed by atoms with Crippen LogP contribution < -0.4 is 0 Å². The minimum atomic E-state index is -4.67. The molecule has 8 heteroatoms. The Labute approximate surface area is 88.9 Å². The van der Waals surface area contributed by atoms with Crippen molar-refractivity contribution >= 4 is 61.8 Å². The zero-order chi connectivity index (χ0) is 4.50. The summed E-state index contributed by atoms with van der Waals surface area (Å²) in [5, 5.41) is 0. The molecule has 8 heavy (non-hydrogen) atoms. The molecule has 0 bridgehead atoms. The van der Waals surface area contributed by atoms with E-state index in [0.29, 0.717) is 0 Å². The van der Waals surface area contributed by atoms with Crippen molar-refractivity contribution in [2.24, 2.45) is 0 Å². The van der Waals surface area contributed by atoms with Crippen LogP contribution in [0.2, 0.25) is 0 Å². The maximum absolute atomic E-state index is 8.74. The Hall–Kier alpha value is 1.43. The van der Waals surface area contributed by atoms with Gasteiger partial charge in [-0.3, -0.25) is 9.11 Å². The van der Waals surface area contributed by atoms with Crippen molar-refractivity contribution in [2.75, 3.05) is 0 Å². The Morgan fingerprint density at radius 1 is 1.00 bits per heavy atom. The molecule has 0 unspecified atom stereocenters. The molecule has 0 aliphatic heterocycles. The maximum atomic E-state index is 8.74. The van der Waals surface area contributed by atoms with Gasteiger partial charge in [0.15, 0.2) is 0 Å². The first-order valence-electron chi connectivity index (χ1n) is 0.698. The molecule has 0 saturated carbocycles. The molecule has 0 fully saturated rings. The van der Waals surface area contributed by atoms with E-state index in [1.165, 1.54) is 0 Å². The van der Waals surface area contributed by atoms with Gasteiger partial charge in [-0.25, -0.2) is 0 Å². The molecule has 0 aliphatic rings. The molecule has 0 saturated heterocycles. The van der Waals surface area contributed by atoms with E-state index < -0.39 is 10.4 Å². The Morgan fingerprint density at radius 2 is 1.00 bits per heavy atom. The van der Waals surface area contributed by atoms with Crippen molar-refractivity contribution < 1.29 is 28.5 Å². The zero-order valence-electron chi connectivity index (χ0n) is 3.12. The van der Waals surface area contributed by atoms with Crippen molar-refractivity contribution in [1.82, 2.24) is 0 Å². The molecule has 0 aromatic rings. The molecule has 0 amide bonds. The van der Waals surface area contributed by atoms with Gasteiger partial charge in [-0.2, -0.15) is 8.42 Å². The van der Waals surface area contributed by atoms with Crippen LogP contribution in [0.15, 0.2) is 0 Å². The van der Waals surface area contributed by atoms with Crippen LogP contribution >= 0.6 is 0 Å². The number of hydrogen-bond donors (Lipinski definition) is 2. The summed E-state index contributed by atoms with van der Waals surface area (Å²) in [7, 11) is -4.67. The summed E-state index contributed by atoms with van der Waals surface area (Å²) in [5.41, 5.74) is 0. The molecule has 0 spiro atoms. The predicted molar refractivity (Wildman–Crippen MR) is 28.6 cm³/mol. The average molecular weight is 174 g/mol. The molecule has 0 radical (unpaired) electrons. The Morgan fingerprint density at radius 3 is 1.00 bits per heavy atom. The molecule has 0 aromatic carbocycles. The molecule has 0 aliphatic carbocycles. The summed E-state index contributed by atoms with van der Waals surface area (Å²) in [4.78, 5) is 0. The van der Waals surface area contributed by atoms with Crippen LogP contribution in [0.25, 0.3) is 0 Å². The van der Waals surface area contributed by atoms with Gasteiger partial charge in [-0.15, -0.1) is 0 Å². The van der Waals surface area contributed by atoms with Crippen molar-refractivity contribution in [3.63, 3.8) is 0 Å². The summed E-state index contributed by atoms with van der Waals surface area (Å²) in [6, 6.07) is 0. The first kappa shape index (κ1) is 22.7. The third-order valence-corrected chi connectivity index (χ3v) is 0. The van der Waals surface area contributed by atoms with E-state index in [9.17, 15) is 0 Å². The first-order valence-corrected chi connectivity index (χ1v) is 2.10.